The molecule has 0 unspecified atom stereocenters. The van der Waals surface area contributed by atoms with Gasteiger partial charge in [0.05, 0.1) is 24.8 Å². The van der Waals surface area contributed by atoms with Gasteiger partial charge in [-0.25, -0.2) is 0 Å². The first-order valence-electron chi connectivity index (χ1n) is 6.10. The Morgan fingerprint density at radius 3 is 3.00 bits per heavy atom. The van der Waals surface area contributed by atoms with Crippen LogP contribution in [0.3, 0.4) is 0 Å². The maximum atomic E-state index is 11.5. The van der Waals surface area contributed by atoms with Crippen LogP contribution in [0.5, 0.6) is 0 Å². The lowest BCUT2D eigenvalue weighted by molar-refractivity contribution is -0.143. The average Bonchev–Trinajstić information content (AvgIpc) is 2.39. The van der Waals surface area contributed by atoms with Crippen molar-refractivity contribution in [3.63, 3.8) is 0 Å². The molecule has 1 N–H and O–H groups in total. The standard InChI is InChI=1S/C14H15N3O2/c1-2-19-14(18)10-17-9-11-5-3-4-6-12(11)13(16-17)7-8-15/h3-6,9,16H,2,7,10H2,1H3. The topological polar surface area (TPSA) is 65.4 Å². The molecule has 0 radical (unpaired) electrons. The van der Waals surface area contributed by atoms with Crippen molar-refractivity contribution < 1.29 is 9.53 Å². The van der Waals surface area contributed by atoms with Crippen LogP contribution in [0.25, 0.3) is 11.9 Å². The van der Waals surface area contributed by atoms with Gasteiger partial charge in [0.2, 0.25) is 0 Å². The number of fused-ring (bicyclic) bond motifs is 1. The molecular weight excluding hydrogens is 242 g/mol. The van der Waals surface area contributed by atoms with Gasteiger partial charge in [-0.05, 0) is 6.92 Å². The molecule has 1 heterocycles. The van der Waals surface area contributed by atoms with Gasteiger partial charge in [-0.3, -0.25) is 9.80 Å². The Kier molecular flexibility index (Phi) is 4.04. The fraction of sp³-hybridized carbons (Fsp3) is 0.286. The summed E-state index contributed by atoms with van der Waals surface area (Å²) in [7, 11) is 0. The molecular formula is C14H15N3O2. The monoisotopic (exact) mass is 257 g/mol. The lowest BCUT2D eigenvalue weighted by Gasteiger charge is -2.25. The minimum absolute atomic E-state index is 0.108. The molecule has 1 aliphatic rings. The zero-order valence-electron chi connectivity index (χ0n) is 10.7. The molecule has 0 spiro atoms. The van der Waals surface area contributed by atoms with Crippen LogP contribution in [-0.4, -0.2) is 24.1 Å². The quantitative estimate of drug-likeness (QED) is 0.759. The van der Waals surface area contributed by atoms with Gasteiger partial charge in [0.15, 0.2) is 0 Å². The molecule has 1 aromatic carbocycles. The zero-order valence-corrected chi connectivity index (χ0v) is 10.7. The minimum atomic E-state index is -0.304. The third kappa shape index (κ3) is 3.05. The van der Waals surface area contributed by atoms with Crippen molar-refractivity contribution in [2.24, 2.45) is 0 Å². The maximum Gasteiger partial charge on any atom is 0.327 e. The van der Waals surface area contributed by atoms with Crippen LogP contribution in [0.2, 0.25) is 0 Å². The summed E-state index contributed by atoms with van der Waals surface area (Å²) in [6.45, 7) is 2.24. The van der Waals surface area contributed by atoms with E-state index >= 15 is 0 Å². The second kappa shape index (κ2) is 5.91. The largest absolute Gasteiger partial charge is 0.465 e. The van der Waals surface area contributed by atoms with E-state index in [4.69, 9.17) is 10.00 Å². The van der Waals surface area contributed by atoms with Gasteiger partial charge in [-0.15, -0.1) is 0 Å². The lowest BCUT2D eigenvalue weighted by Crippen LogP contribution is -2.47. The number of nitrogens with zero attached hydrogens (tertiary/aromatic N) is 2. The van der Waals surface area contributed by atoms with Crippen LogP contribution in [0.1, 0.15) is 13.3 Å². The SMILES string of the molecule is CCOC(=O)CN1C=c2ccccc2=C(CC#N)N1. The number of benzene rings is 1. The highest BCUT2D eigenvalue weighted by molar-refractivity contribution is 5.72. The van der Waals surface area contributed by atoms with E-state index in [1.807, 2.05) is 30.5 Å². The molecule has 5 heteroatoms. The summed E-state index contributed by atoms with van der Waals surface area (Å²) in [5.74, 6) is -0.304. The van der Waals surface area contributed by atoms with Crippen molar-refractivity contribution in [3.8, 4) is 6.07 Å². The van der Waals surface area contributed by atoms with E-state index in [0.717, 1.165) is 16.1 Å². The van der Waals surface area contributed by atoms with E-state index in [2.05, 4.69) is 11.5 Å². The highest BCUT2D eigenvalue weighted by Gasteiger charge is 2.13. The molecule has 0 fully saturated rings. The molecule has 0 bridgehead atoms. The van der Waals surface area contributed by atoms with Gasteiger partial charge in [0, 0.05) is 16.6 Å². The van der Waals surface area contributed by atoms with Gasteiger partial charge >= 0.3 is 5.97 Å². The molecule has 19 heavy (non-hydrogen) atoms. The van der Waals surface area contributed by atoms with Crippen LogP contribution >= 0.6 is 0 Å². The highest BCUT2D eigenvalue weighted by atomic mass is 16.5. The first-order chi connectivity index (χ1) is 9.24. The van der Waals surface area contributed by atoms with E-state index < -0.39 is 0 Å². The predicted molar refractivity (Wildman–Crippen MR) is 70.3 cm³/mol. The van der Waals surface area contributed by atoms with E-state index in [1.165, 1.54) is 0 Å². The maximum absolute atomic E-state index is 11.5. The third-order valence-electron chi connectivity index (χ3n) is 2.72. The molecule has 0 aromatic heterocycles. The second-order valence-corrected chi connectivity index (χ2v) is 4.07. The van der Waals surface area contributed by atoms with Crippen molar-refractivity contribution in [3.05, 3.63) is 34.7 Å². The number of nitrogens with one attached hydrogen (secondary N) is 1. The van der Waals surface area contributed by atoms with Crippen molar-refractivity contribution >= 4 is 17.9 Å². The zero-order chi connectivity index (χ0) is 13.7. The number of carbonyl (C=O) groups is 1. The fourth-order valence-electron chi connectivity index (χ4n) is 1.96. The van der Waals surface area contributed by atoms with E-state index in [9.17, 15) is 4.79 Å². The van der Waals surface area contributed by atoms with E-state index in [1.54, 1.807) is 11.9 Å². The first-order valence-corrected chi connectivity index (χ1v) is 6.10. The fourth-order valence-corrected chi connectivity index (χ4v) is 1.96. The van der Waals surface area contributed by atoms with Gasteiger partial charge in [-0.2, -0.15) is 5.26 Å². The van der Waals surface area contributed by atoms with Gasteiger partial charge < -0.3 is 10.2 Å². The second-order valence-electron chi connectivity index (χ2n) is 4.07. The molecule has 1 aromatic rings. The normalized spacial score (nSPS) is 12.8. The van der Waals surface area contributed by atoms with Crippen LogP contribution in [0.15, 0.2) is 24.3 Å². The number of hydrogen-bond donors (Lipinski definition) is 1. The Labute approximate surface area is 111 Å². The van der Waals surface area contributed by atoms with Crippen molar-refractivity contribution in [1.29, 1.82) is 5.26 Å². The Bertz CT molecular complexity index is 631. The van der Waals surface area contributed by atoms with E-state index in [-0.39, 0.29) is 18.9 Å². The number of nitriles is 1. The average molecular weight is 257 g/mol. The molecule has 1 aliphatic heterocycles. The van der Waals surface area contributed by atoms with Crippen LogP contribution < -0.4 is 15.9 Å². The van der Waals surface area contributed by atoms with Crippen LogP contribution in [0, 0.1) is 11.3 Å². The number of esters is 1. The van der Waals surface area contributed by atoms with Crippen molar-refractivity contribution in [1.82, 2.24) is 10.4 Å². The summed E-state index contributed by atoms with van der Waals surface area (Å²) in [6, 6.07) is 9.87. The van der Waals surface area contributed by atoms with Crippen LogP contribution in [-0.2, 0) is 9.53 Å². The Hall–Kier alpha value is -2.48. The minimum Gasteiger partial charge on any atom is -0.465 e. The van der Waals surface area contributed by atoms with Crippen molar-refractivity contribution in [2.75, 3.05) is 13.2 Å². The van der Waals surface area contributed by atoms with E-state index in [0.29, 0.717) is 6.61 Å². The smallest absolute Gasteiger partial charge is 0.327 e. The first kappa shape index (κ1) is 13.0. The summed E-state index contributed by atoms with van der Waals surface area (Å²) >= 11 is 0. The summed E-state index contributed by atoms with van der Waals surface area (Å²) in [6.07, 6.45) is 2.11. The molecule has 0 atom stereocenters. The molecule has 0 saturated carbocycles. The Morgan fingerprint density at radius 2 is 2.26 bits per heavy atom. The Morgan fingerprint density at radius 1 is 1.47 bits per heavy atom. The Balaban J connectivity index is 2.29. The number of hydrazine groups is 1. The molecule has 0 saturated heterocycles. The molecule has 0 aliphatic carbocycles. The van der Waals surface area contributed by atoms with Crippen molar-refractivity contribution in [2.45, 2.75) is 13.3 Å². The van der Waals surface area contributed by atoms with Gasteiger partial charge in [0.25, 0.3) is 0 Å². The molecule has 98 valence electrons. The molecule has 0 amide bonds. The number of carbonyl (C=O) groups excluding carboxylic acids is 1. The molecule has 5 nitrogen and oxygen atoms in total. The third-order valence-corrected chi connectivity index (χ3v) is 2.72. The number of ether oxygens (including phenoxy) is 1. The summed E-state index contributed by atoms with van der Waals surface area (Å²) in [5, 5.41) is 12.5. The summed E-state index contributed by atoms with van der Waals surface area (Å²) in [5.41, 5.74) is 3.87. The summed E-state index contributed by atoms with van der Waals surface area (Å²) in [4.78, 5) is 11.5. The van der Waals surface area contributed by atoms with Gasteiger partial charge in [0.1, 0.15) is 6.54 Å². The van der Waals surface area contributed by atoms with Gasteiger partial charge in [-0.1, -0.05) is 24.3 Å². The number of rotatable bonds is 4. The molecule has 2 rings (SSSR count). The predicted octanol–water partition coefficient (Wildman–Crippen LogP) is -0.170. The van der Waals surface area contributed by atoms with Crippen LogP contribution in [0.4, 0.5) is 0 Å². The number of hydrogen-bond acceptors (Lipinski definition) is 5. The highest BCUT2D eigenvalue weighted by Crippen LogP contribution is 2.00. The summed E-state index contributed by atoms with van der Waals surface area (Å²) < 4.78 is 4.91. The lowest BCUT2D eigenvalue weighted by atomic mass is 10.1.